The van der Waals surface area contributed by atoms with Crippen molar-refractivity contribution in [1.29, 1.82) is 0 Å². The molecule has 2 aliphatic rings. The standard InChI is InChI=1S/C19H26N2O4/c1-20(2)18(22)14-5-4-8-21(11-14)19(23)15-9-13-6-7-16(24-3)10-17(13)25-12-15/h6-7,10,14-15H,4-5,8-9,11-12H2,1-3H3. The predicted octanol–water partition coefficient (Wildman–Crippen LogP) is 1.57. The van der Waals surface area contributed by atoms with E-state index in [1.54, 1.807) is 26.1 Å². The monoisotopic (exact) mass is 346 g/mol. The van der Waals surface area contributed by atoms with E-state index in [-0.39, 0.29) is 23.7 Å². The molecule has 2 heterocycles. The molecule has 0 saturated carbocycles. The van der Waals surface area contributed by atoms with Gasteiger partial charge in [-0.05, 0) is 30.9 Å². The molecule has 0 radical (unpaired) electrons. The van der Waals surface area contributed by atoms with Crippen molar-refractivity contribution in [2.75, 3.05) is 40.9 Å². The second kappa shape index (κ2) is 7.33. The van der Waals surface area contributed by atoms with E-state index in [1.807, 2.05) is 23.1 Å². The Morgan fingerprint density at radius 2 is 2.08 bits per heavy atom. The molecule has 25 heavy (non-hydrogen) atoms. The SMILES string of the molecule is COc1ccc2c(c1)OCC(C(=O)N1CCCC(C(=O)N(C)C)C1)C2. The van der Waals surface area contributed by atoms with Crippen molar-refractivity contribution >= 4 is 11.8 Å². The molecular formula is C19H26N2O4. The van der Waals surface area contributed by atoms with Gasteiger partial charge < -0.3 is 19.3 Å². The third kappa shape index (κ3) is 3.72. The maximum atomic E-state index is 12.9. The maximum Gasteiger partial charge on any atom is 0.229 e. The van der Waals surface area contributed by atoms with E-state index in [2.05, 4.69) is 0 Å². The number of methoxy groups -OCH3 is 1. The van der Waals surface area contributed by atoms with Crippen LogP contribution < -0.4 is 9.47 Å². The van der Waals surface area contributed by atoms with E-state index in [0.29, 0.717) is 19.6 Å². The van der Waals surface area contributed by atoms with Gasteiger partial charge in [-0.25, -0.2) is 0 Å². The lowest BCUT2D eigenvalue weighted by atomic mass is 9.92. The predicted molar refractivity (Wildman–Crippen MR) is 93.7 cm³/mol. The number of carbonyl (C=O) groups is 2. The van der Waals surface area contributed by atoms with Gasteiger partial charge in [0.25, 0.3) is 0 Å². The lowest BCUT2D eigenvalue weighted by Crippen LogP contribution is -2.48. The third-order valence-electron chi connectivity index (χ3n) is 5.05. The normalized spacial score (nSPS) is 22.6. The number of carbonyl (C=O) groups excluding carboxylic acids is 2. The van der Waals surface area contributed by atoms with Gasteiger partial charge in [0.15, 0.2) is 0 Å². The van der Waals surface area contributed by atoms with Crippen LogP contribution in [0.2, 0.25) is 0 Å². The first-order chi connectivity index (χ1) is 12.0. The highest BCUT2D eigenvalue weighted by molar-refractivity contribution is 5.82. The van der Waals surface area contributed by atoms with Gasteiger partial charge >= 0.3 is 0 Å². The molecule has 2 unspecified atom stereocenters. The summed E-state index contributed by atoms with van der Waals surface area (Å²) in [4.78, 5) is 28.6. The number of hydrogen-bond donors (Lipinski definition) is 0. The number of piperidine rings is 1. The van der Waals surface area contributed by atoms with Gasteiger partial charge in [0.1, 0.15) is 18.1 Å². The van der Waals surface area contributed by atoms with Crippen LogP contribution in [0.1, 0.15) is 18.4 Å². The summed E-state index contributed by atoms with van der Waals surface area (Å²) in [5.74, 6) is 1.47. The van der Waals surface area contributed by atoms with Crippen molar-refractivity contribution < 1.29 is 19.1 Å². The minimum absolute atomic E-state index is 0.0891. The zero-order valence-electron chi connectivity index (χ0n) is 15.2. The highest BCUT2D eigenvalue weighted by atomic mass is 16.5. The molecule has 136 valence electrons. The highest BCUT2D eigenvalue weighted by Gasteiger charge is 2.34. The lowest BCUT2D eigenvalue weighted by Gasteiger charge is -2.36. The third-order valence-corrected chi connectivity index (χ3v) is 5.05. The average molecular weight is 346 g/mol. The minimum atomic E-state index is -0.186. The summed E-state index contributed by atoms with van der Waals surface area (Å²) in [6.45, 7) is 1.62. The van der Waals surface area contributed by atoms with Gasteiger partial charge in [0.2, 0.25) is 11.8 Å². The molecule has 2 aliphatic heterocycles. The van der Waals surface area contributed by atoms with Crippen molar-refractivity contribution in [2.45, 2.75) is 19.3 Å². The Morgan fingerprint density at radius 1 is 1.28 bits per heavy atom. The van der Waals surface area contributed by atoms with Crippen LogP contribution in [0.25, 0.3) is 0 Å². The summed E-state index contributed by atoms with van der Waals surface area (Å²) < 4.78 is 11.0. The van der Waals surface area contributed by atoms with Crippen molar-refractivity contribution in [3.63, 3.8) is 0 Å². The largest absolute Gasteiger partial charge is 0.497 e. The van der Waals surface area contributed by atoms with E-state index in [4.69, 9.17) is 9.47 Å². The quantitative estimate of drug-likeness (QED) is 0.834. The molecule has 0 N–H and O–H groups in total. The van der Waals surface area contributed by atoms with E-state index in [0.717, 1.165) is 36.4 Å². The number of ether oxygens (including phenoxy) is 2. The van der Waals surface area contributed by atoms with Gasteiger partial charge in [-0.3, -0.25) is 9.59 Å². The van der Waals surface area contributed by atoms with Crippen molar-refractivity contribution in [1.82, 2.24) is 9.80 Å². The van der Waals surface area contributed by atoms with Crippen molar-refractivity contribution in [2.24, 2.45) is 11.8 Å². The Labute approximate surface area is 148 Å². The molecule has 1 saturated heterocycles. The molecule has 0 spiro atoms. The molecule has 0 bridgehead atoms. The molecule has 1 aromatic carbocycles. The molecular weight excluding hydrogens is 320 g/mol. The molecule has 1 aromatic rings. The summed E-state index contributed by atoms with van der Waals surface area (Å²) in [7, 11) is 5.16. The van der Waals surface area contributed by atoms with Crippen molar-refractivity contribution in [3.05, 3.63) is 23.8 Å². The zero-order chi connectivity index (χ0) is 18.0. The molecule has 0 aliphatic carbocycles. The molecule has 6 heteroatoms. The molecule has 2 amide bonds. The second-order valence-corrected chi connectivity index (χ2v) is 7.04. The second-order valence-electron chi connectivity index (χ2n) is 7.04. The van der Waals surface area contributed by atoms with Gasteiger partial charge in [0, 0.05) is 33.3 Å². The molecule has 1 fully saturated rings. The number of amides is 2. The number of nitrogens with zero attached hydrogens (tertiary/aromatic N) is 2. The fourth-order valence-corrected chi connectivity index (χ4v) is 3.64. The average Bonchev–Trinajstić information content (AvgIpc) is 2.65. The van der Waals surface area contributed by atoms with E-state index >= 15 is 0 Å². The summed E-state index contributed by atoms with van der Waals surface area (Å²) >= 11 is 0. The van der Waals surface area contributed by atoms with Crippen LogP contribution in [-0.2, 0) is 16.0 Å². The summed E-state index contributed by atoms with van der Waals surface area (Å²) in [5.41, 5.74) is 1.03. The van der Waals surface area contributed by atoms with E-state index in [9.17, 15) is 9.59 Å². The van der Waals surface area contributed by atoms with Crippen molar-refractivity contribution in [3.8, 4) is 11.5 Å². The smallest absolute Gasteiger partial charge is 0.229 e. The van der Waals surface area contributed by atoms with Crippen LogP contribution in [0.3, 0.4) is 0 Å². The van der Waals surface area contributed by atoms with Gasteiger partial charge in [-0.2, -0.15) is 0 Å². The molecule has 0 aromatic heterocycles. The van der Waals surface area contributed by atoms with Gasteiger partial charge in [-0.15, -0.1) is 0 Å². The first-order valence-electron chi connectivity index (χ1n) is 8.79. The van der Waals surface area contributed by atoms with Gasteiger partial charge in [-0.1, -0.05) is 6.07 Å². The topological polar surface area (TPSA) is 59.1 Å². The number of benzene rings is 1. The maximum absolute atomic E-state index is 12.9. The summed E-state index contributed by atoms with van der Waals surface area (Å²) in [5, 5.41) is 0. The van der Waals surface area contributed by atoms with E-state index < -0.39 is 0 Å². The zero-order valence-corrected chi connectivity index (χ0v) is 15.2. The minimum Gasteiger partial charge on any atom is -0.497 e. The summed E-state index contributed by atoms with van der Waals surface area (Å²) in [6, 6.07) is 5.71. The lowest BCUT2D eigenvalue weighted by molar-refractivity contribution is -0.142. The number of hydrogen-bond acceptors (Lipinski definition) is 4. The number of fused-ring (bicyclic) bond motifs is 1. The Morgan fingerprint density at radius 3 is 2.80 bits per heavy atom. The number of likely N-dealkylation sites (tertiary alicyclic amines) is 1. The Hall–Kier alpha value is -2.24. The van der Waals surface area contributed by atoms with Gasteiger partial charge in [0.05, 0.1) is 18.9 Å². The fourth-order valence-electron chi connectivity index (χ4n) is 3.64. The van der Waals surface area contributed by atoms with Crippen LogP contribution in [-0.4, -0.2) is 62.5 Å². The Bertz CT molecular complexity index is 659. The molecule has 6 nitrogen and oxygen atoms in total. The Balaban J connectivity index is 1.66. The first-order valence-corrected chi connectivity index (χ1v) is 8.79. The Kier molecular flexibility index (Phi) is 5.16. The first kappa shape index (κ1) is 17.6. The van der Waals surface area contributed by atoms with Crippen LogP contribution in [0, 0.1) is 11.8 Å². The van der Waals surface area contributed by atoms with Crippen LogP contribution in [0.4, 0.5) is 0 Å². The molecule has 2 atom stereocenters. The van der Waals surface area contributed by atoms with Crippen LogP contribution >= 0.6 is 0 Å². The van der Waals surface area contributed by atoms with Crippen LogP contribution in [0.5, 0.6) is 11.5 Å². The number of rotatable bonds is 3. The highest BCUT2D eigenvalue weighted by Crippen LogP contribution is 2.32. The van der Waals surface area contributed by atoms with Crippen LogP contribution in [0.15, 0.2) is 18.2 Å². The van der Waals surface area contributed by atoms with E-state index in [1.165, 1.54) is 0 Å². The summed E-state index contributed by atoms with van der Waals surface area (Å²) in [6.07, 6.45) is 2.39. The fraction of sp³-hybridized carbons (Fsp3) is 0.579. The molecule has 3 rings (SSSR count).